The first-order valence-corrected chi connectivity index (χ1v) is 4.60. The molecule has 0 saturated heterocycles. The van der Waals surface area contributed by atoms with Gasteiger partial charge in [-0.3, -0.25) is 4.79 Å². The third kappa shape index (κ3) is 2.80. The van der Waals surface area contributed by atoms with Crippen molar-refractivity contribution >= 4 is 28.5 Å². The molecule has 0 N–H and O–H groups in total. The second-order valence-corrected chi connectivity index (χ2v) is 3.31. The molecular weight excluding hydrogens is 307 g/mol. The predicted octanol–water partition coefficient (Wildman–Crippen LogP) is 4.69. The van der Waals surface area contributed by atoms with E-state index in [0.29, 0.717) is 0 Å². The van der Waals surface area contributed by atoms with Crippen LogP contribution in [-0.2, 0) is 0 Å². The molecule has 0 heterocycles. The van der Waals surface area contributed by atoms with Crippen molar-refractivity contribution in [3.63, 3.8) is 0 Å². The lowest BCUT2D eigenvalue weighted by molar-refractivity contribution is 0.252. The lowest BCUT2D eigenvalue weighted by atomic mass is 10.1. The molecule has 1 rings (SSSR count). The Kier molecular flexibility index (Phi) is 4.40. The van der Waals surface area contributed by atoms with Gasteiger partial charge in [0.15, 0.2) is 11.6 Å². The van der Waals surface area contributed by atoms with Crippen LogP contribution in [0.25, 0.3) is 5.83 Å². The van der Waals surface area contributed by atoms with Crippen molar-refractivity contribution in [1.82, 2.24) is 0 Å². The van der Waals surface area contributed by atoms with E-state index in [1.54, 1.807) is 0 Å². The first kappa shape index (κ1) is 15.3. The zero-order chi connectivity index (χ0) is 14.9. The summed E-state index contributed by atoms with van der Waals surface area (Å²) in [6, 6.07) is -0.198. The molecule has 0 radical (unpaired) electrons. The summed E-state index contributed by atoms with van der Waals surface area (Å²) in [5, 5.41) is -3.13. The third-order valence-corrected chi connectivity index (χ3v) is 2.04. The molecule has 1 amide bonds. The Bertz CT molecular complexity index is 570. The fourth-order valence-corrected chi connectivity index (χ4v) is 1.21. The van der Waals surface area contributed by atoms with Gasteiger partial charge in [0.05, 0.1) is 5.56 Å². The highest BCUT2D eigenvalue weighted by Crippen LogP contribution is 2.33. The van der Waals surface area contributed by atoms with E-state index in [1.807, 2.05) is 0 Å². The number of benzene rings is 1. The molecule has 104 valence electrons. The molecule has 1 aromatic carbocycles. The summed E-state index contributed by atoms with van der Waals surface area (Å²) in [5.74, 6) is -9.38. The predicted molar refractivity (Wildman–Crippen MR) is 51.4 cm³/mol. The van der Waals surface area contributed by atoms with Crippen molar-refractivity contribution in [2.24, 2.45) is 0 Å². The SMILES string of the molecule is O=C(Cl)N(F)c1cc(F)c(C(F)=C(F)F)c(F)c1F. The van der Waals surface area contributed by atoms with Crippen molar-refractivity contribution < 1.29 is 35.6 Å². The van der Waals surface area contributed by atoms with Crippen molar-refractivity contribution in [3.8, 4) is 0 Å². The standard InChI is InChI=1S/C9HClF7NO/c10-9(19)18(17)3-1-2(11)4(6(13)5(3)12)7(14)8(15)16/h1H. The molecule has 0 atom stereocenters. The molecule has 0 bridgehead atoms. The number of amides is 1. The number of rotatable bonds is 2. The largest absolute Gasteiger partial charge is 0.349 e. The first-order valence-electron chi connectivity index (χ1n) is 4.22. The van der Waals surface area contributed by atoms with Crippen molar-refractivity contribution in [2.75, 3.05) is 5.12 Å². The molecule has 10 heteroatoms. The zero-order valence-corrected chi connectivity index (χ0v) is 9.21. The number of nitrogens with zero attached hydrogens (tertiary/aromatic N) is 1. The quantitative estimate of drug-likeness (QED) is 0.255. The second-order valence-electron chi connectivity index (χ2n) is 2.99. The first-order chi connectivity index (χ1) is 8.68. The molecule has 0 aliphatic rings. The summed E-state index contributed by atoms with van der Waals surface area (Å²) in [6.45, 7) is 0. The van der Waals surface area contributed by atoms with E-state index in [4.69, 9.17) is 0 Å². The van der Waals surface area contributed by atoms with Gasteiger partial charge >= 0.3 is 11.4 Å². The van der Waals surface area contributed by atoms with Crippen molar-refractivity contribution in [2.45, 2.75) is 0 Å². The normalized spacial score (nSPS) is 10.3. The van der Waals surface area contributed by atoms with Crippen LogP contribution in [0, 0.1) is 17.5 Å². The Morgan fingerprint density at radius 1 is 1.11 bits per heavy atom. The number of carbonyl (C=O) groups excluding carboxylic acids is 1. The van der Waals surface area contributed by atoms with E-state index in [1.165, 1.54) is 0 Å². The fourth-order valence-electron chi connectivity index (χ4n) is 1.12. The number of halogens is 8. The van der Waals surface area contributed by atoms with Gasteiger partial charge < -0.3 is 0 Å². The molecule has 2 nitrogen and oxygen atoms in total. The summed E-state index contributed by atoms with van der Waals surface area (Å²) in [6.07, 6.45) is -3.10. The van der Waals surface area contributed by atoms with Crippen LogP contribution in [0.15, 0.2) is 12.1 Å². The highest BCUT2D eigenvalue weighted by molar-refractivity contribution is 6.65. The van der Waals surface area contributed by atoms with E-state index < -0.39 is 51.1 Å². The van der Waals surface area contributed by atoms with Crippen LogP contribution in [0.2, 0.25) is 0 Å². The molecule has 0 aromatic heterocycles. The van der Waals surface area contributed by atoms with E-state index in [0.717, 1.165) is 0 Å². The Morgan fingerprint density at radius 3 is 2.05 bits per heavy atom. The van der Waals surface area contributed by atoms with Crippen molar-refractivity contribution in [3.05, 3.63) is 35.2 Å². The smallest absolute Gasteiger partial charge is 0.252 e. The topological polar surface area (TPSA) is 20.3 Å². The van der Waals surface area contributed by atoms with Crippen LogP contribution in [0.5, 0.6) is 0 Å². The lowest BCUT2D eigenvalue weighted by Gasteiger charge is -2.12. The fraction of sp³-hybridized carbons (Fsp3) is 0. The maximum Gasteiger partial charge on any atom is 0.349 e. The molecule has 0 spiro atoms. The molecule has 0 unspecified atom stereocenters. The van der Waals surface area contributed by atoms with Gasteiger partial charge in [-0.25, -0.2) is 17.6 Å². The third-order valence-electron chi connectivity index (χ3n) is 1.89. The Labute approximate surface area is 105 Å². The molecule has 0 saturated carbocycles. The molecule has 0 fully saturated rings. The minimum atomic E-state index is -3.10. The maximum absolute atomic E-state index is 13.2. The molecular formula is C9HClF7NO. The second kappa shape index (κ2) is 5.47. The van der Waals surface area contributed by atoms with Gasteiger partial charge in [0.1, 0.15) is 11.5 Å². The van der Waals surface area contributed by atoms with Gasteiger partial charge in [-0.2, -0.15) is 8.78 Å². The van der Waals surface area contributed by atoms with Crippen LogP contribution in [-0.4, -0.2) is 5.37 Å². The Hall–Kier alpha value is -1.77. The van der Waals surface area contributed by atoms with Crippen LogP contribution < -0.4 is 5.12 Å². The van der Waals surface area contributed by atoms with Crippen LogP contribution in [0.4, 0.5) is 41.3 Å². The number of hydrogen-bond acceptors (Lipinski definition) is 1. The summed E-state index contributed by atoms with van der Waals surface area (Å²) in [5.41, 5.74) is -3.64. The Balaban J connectivity index is 3.57. The molecule has 0 aliphatic heterocycles. The monoisotopic (exact) mass is 307 g/mol. The van der Waals surface area contributed by atoms with Gasteiger partial charge in [-0.05, 0) is 11.6 Å². The lowest BCUT2D eigenvalue weighted by Crippen LogP contribution is -2.17. The van der Waals surface area contributed by atoms with Crippen LogP contribution in [0.3, 0.4) is 0 Å². The number of anilines is 1. The van der Waals surface area contributed by atoms with Crippen molar-refractivity contribution in [1.29, 1.82) is 0 Å². The Morgan fingerprint density at radius 2 is 1.63 bits per heavy atom. The number of hydrogen-bond donors (Lipinski definition) is 0. The minimum Gasteiger partial charge on any atom is -0.252 e. The molecule has 19 heavy (non-hydrogen) atoms. The minimum absolute atomic E-state index is 0.198. The highest BCUT2D eigenvalue weighted by Gasteiger charge is 2.28. The van der Waals surface area contributed by atoms with E-state index >= 15 is 0 Å². The summed E-state index contributed by atoms with van der Waals surface area (Å²) < 4.78 is 89.0. The van der Waals surface area contributed by atoms with Crippen LogP contribution >= 0.6 is 11.6 Å². The summed E-state index contributed by atoms with van der Waals surface area (Å²) >= 11 is 4.59. The maximum atomic E-state index is 13.2. The van der Waals surface area contributed by atoms with E-state index in [-0.39, 0.29) is 6.07 Å². The molecule has 0 aliphatic carbocycles. The van der Waals surface area contributed by atoms with Gasteiger partial charge in [0.25, 0.3) is 0 Å². The summed E-state index contributed by atoms with van der Waals surface area (Å²) in [4.78, 5) is 10.3. The average molecular weight is 308 g/mol. The van der Waals surface area contributed by atoms with Gasteiger partial charge in [0, 0.05) is 6.07 Å². The van der Waals surface area contributed by atoms with Gasteiger partial charge in [-0.15, -0.1) is 5.12 Å². The van der Waals surface area contributed by atoms with Crippen LogP contribution in [0.1, 0.15) is 5.56 Å². The number of carbonyl (C=O) groups is 1. The van der Waals surface area contributed by atoms with E-state index in [2.05, 4.69) is 11.6 Å². The molecule has 1 aromatic rings. The van der Waals surface area contributed by atoms with Gasteiger partial charge in [0.2, 0.25) is 5.83 Å². The average Bonchev–Trinajstić information content (AvgIpc) is 2.32. The summed E-state index contributed by atoms with van der Waals surface area (Å²) in [7, 11) is 0. The zero-order valence-electron chi connectivity index (χ0n) is 8.46. The van der Waals surface area contributed by atoms with Gasteiger partial charge in [-0.1, -0.05) is 4.48 Å². The van der Waals surface area contributed by atoms with E-state index in [9.17, 15) is 35.6 Å². The highest BCUT2D eigenvalue weighted by atomic mass is 35.5.